The molecule has 20 heavy (non-hydrogen) atoms. The molecule has 0 spiro atoms. The lowest BCUT2D eigenvalue weighted by atomic mass is 9.81. The quantitative estimate of drug-likeness (QED) is 0.894. The number of hydrogen-bond donors (Lipinski definition) is 1. The Morgan fingerprint density at radius 3 is 2.40 bits per heavy atom. The maximum Gasteiger partial charge on any atom is 0.238 e. The first kappa shape index (κ1) is 16.2. The van der Waals surface area contributed by atoms with E-state index in [0.29, 0.717) is 0 Å². The van der Waals surface area contributed by atoms with Crippen molar-refractivity contribution in [2.24, 2.45) is 11.3 Å². The molecule has 1 aromatic rings. The van der Waals surface area contributed by atoms with E-state index >= 15 is 0 Å². The fraction of sp³-hybridized carbons (Fsp3) is 0.529. The van der Waals surface area contributed by atoms with Crippen LogP contribution in [0.4, 0.5) is 0 Å². The molecule has 0 aromatic heterocycles. The number of benzene rings is 1. The molecule has 2 atom stereocenters. The van der Waals surface area contributed by atoms with E-state index in [-0.39, 0.29) is 17.4 Å². The zero-order valence-corrected chi connectivity index (χ0v) is 12.8. The number of hydrogen-bond acceptors (Lipinski definition) is 2. The van der Waals surface area contributed by atoms with Crippen LogP contribution in [-0.2, 0) is 11.2 Å². The van der Waals surface area contributed by atoms with Crippen molar-refractivity contribution < 1.29 is 4.79 Å². The van der Waals surface area contributed by atoms with Gasteiger partial charge in [-0.3, -0.25) is 4.79 Å². The van der Waals surface area contributed by atoms with E-state index in [1.165, 1.54) is 5.56 Å². The predicted molar refractivity (Wildman–Crippen MR) is 80.9 cm³/mol. The molecule has 0 saturated carbocycles. The van der Waals surface area contributed by atoms with Gasteiger partial charge in [0, 0.05) is 6.04 Å². The highest BCUT2D eigenvalue weighted by atomic mass is 16.1. The molecule has 0 fully saturated rings. The summed E-state index contributed by atoms with van der Waals surface area (Å²) in [5.41, 5.74) is 0.930. The summed E-state index contributed by atoms with van der Waals surface area (Å²) in [5, 5.41) is 12.1. The van der Waals surface area contributed by atoms with Crippen molar-refractivity contribution in [2.45, 2.75) is 46.6 Å². The third-order valence-corrected chi connectivity index (χ3v) is 3.35. The van der Waals surface area contributed by atoms with Gasteiger partial charge in [-0.15, -0.1) is 0 Å². The van der Waals surface area contributed by atoms with Crippen molar-refractivity contribution in [3.63, 3.8) is 0 Å². The second-order valence-electron chi connectivity index (χ2n) is 6.36. The maximum absolute atomic E-state index is 12.1. The molecule has 0 heterocycles. The molecule has 0 aliphatic heterocycles. The Kier molecular flexibility index (Phi) is 5.76. The molecule has 1 amide bonds. The SMILES string of the molecule is C[C@@H](CCc1ccccc1)NC(=O)[C@@H](C#N)C(C)(C)C. The van der Waals surface area contributed by atoms with Crippen molar-refractivity contribution in [3.05, 3.63) is 35.9 Å². The summed E-state index contributed by atoms with van der Waals surface area (Å²) in [7, 11) is 0. The number of carbonyl (C=O) groups excluding carboxylic acids is 1. The van der Waals surface area contributed by atoms with Crippen LogP contribution in [0.25, 0.3) is 0 Å². The van der Waals surface area contributed by atoms with Crippen molar-refractivity contribution in [2.75, 3.05) is 0 Å². The first-order valence-corrected chi connectivity index (χ1v) is 7.08. The molecule has 1 rings (SSSR count). The van der Waals surface area contributed by atoms with E-state index in [9.17, 15) is 4.79 Å². The van der Waals surface area contributed by atoms with Gasteiger partial charge in [0.2, 0.25) is 5.91 Å². The summed E-state index contributed by atoms with van der Waals surface area (Å²) in [6.45, 7) is 7.72. The van der Waals surface area contributed by atoms with Crippen LogP contribution in [0.5, 0.6) is 0 Å². The van der Waals surface area contributed by atoms with Gasteiger partial charge < -0.3 is 5.32 Å². The lowest BCUT2D eigenvalue weighted by Gasteiger charge is -2.25. The minimum absolute atomic E-state index is 0.0703. The first-order valence-electron chi connectivity index (χ1n) is 7.08. The molecule has 0 unspecified atom stereocenters. The van der Waals surface area contributed by atoms with Gasteiger partial charge in [-0.1, -0.05) is 51.1 Å². The van der Waals surface area contributed by atoms with Crippen LogP contribution in [0.2, 0.25) is 0 Å². The van der Waals surface area contributed by atoms with Crippen LogP contribution in [0, 0.1) is 22.7 Å². The zero-order valence-electron chi connectivity index (χ0n) is 12.8. The molecule has 0 radical (unpaired) electrons. The molecule has 3 nitrogen and oxygen atoms in total. The summed E-state index contributed by atoms with van der Waals surface area (Å²) in [6.07, 6.45) is 1.80. The highest BCUT2D eigenvalue weighted by Gasteiger charge is 2.31. The van der Waals surface area contributed by atoms with Gasteiger partial charge in [0.05, 0.1) is 6.07 Å². The van der Waals surface area contributed by atoms with Gasteiger partial charge in [-0.25, -0.2) is 0 Å². The number of rotatable bonds is 5. The Balaban J connectivity index is 2.48. The molecule has 0 aliphatic rings. The van der Waals surface area contributed by atoms with E-state index < -0.39 is 5.92 Å². The third kappa shape index (κ3) is 5.05. The van der Waals surface area contributed by atoms with E-state index in [0.717, 1.165) is 12.8 Å². The third-order valence-electron chi connectivity index (χ3n) is 3.35. The maximum atomic E-state index is 12.1. The Bertz CT molecular complexity index is 468. The minimum Gasteiger partial charge on any atom is -0.352 e. The van der Waals surface area contributed by atoms with Crippen LogP contribution in [0.3, 0.4) is 0 Å². The first-order chi connectivity index (χ1) is 9.34. The number of carbonyl (C=O) groups is 1. The predicted octanol–water partition coefficient (Wildman–Crippen LogP) is 3.31. The number of nitriles is 1. The van der Waals surface area contributed by atoms with Crippen LogP contribution < -0.4 is 5.32 Å². The molecule has 3 heteroatoms. The smallest absolute Gasteiger partial charge is 0.238 e. The van der Waals surface area contributed by atoms with E-state index in [2.05, 4.69) is 23.5 Å². The fourth-order valence-electron chi connectivity index (χ4n) is 2.07. The Hall–Kier alpha value is -1.82. The van der Waals surface area contributed by atoms with Gasteiger partial charge in [-0.05, 0) is 30.7 Å². The minimum atomic E-state index is -0.610. The van der Waals surface area contributed by atoms with Crippen molar-refractivity contribution in [1.29, 1.82) is 5.26 Å². The Morgan fingerprint density at radius 1 is 1.30 bits per heavy atom. The number of nitrogens with one attached hydrogen (secondary N) is 1. The zero-order chi connectivity index (χ0) is 15.2. The molecule has 1 aromatic carbocycles. The second-order valence-corrected chi connectivity index (χ2v) is 6.36. The fourth-order valence-corrected chi connectivity index (χ4v) is 2.07. The lowest BCUT2D eigenvalue weighted by Crippen LogP contribution is -2.41. The normalized spacial score (nSPS) is 14.2. The molecule has 0 bridgehead atoms. The molecule has 108 valence electrons. The number of nitrogens with zero attached hydrogens (tertiary/aromatic N) is 1. The summed E-state index contributed by atoms with van der Waals surface area (Å²) in [5.74, 6) is -0.776. The standard InChI is InChI=1S/C17H24N2O/c1-13(10-11-14-8-6-5-7-9-14)19-16(20)15(12-18)17(2,3)4/h5-9,13,15H,10-11H2,1-4H3,(H,19,20)/t13-,15+/m0/s1. The van der Waals surface area contributed by atoms with Gasteiger partial charge in [0.15, 0.2) is 0 Å². The Labute approximate surface area is 122 Å². The summed E-state index contributed by atoms with van der Waals surface area (Å²) >= 11 is 0. The number of aryl methyl sites for hydroxylation is 1. The molecule has 0 saturated heterocycles. The molecular weight excluding hydrogens is 248 g/mol. The largest absolute Gasteiger partial charge is 0.352 e. The van der Waals surface area contributed by atoms with Crippen LogP contribution >= 0.6 is 0 Å². The monoisotopic (exact) mass is 272 g/mol. The lowest BCUT2D eigenvalue weighted by molar-refractivity contribution is -0.126. The molecular formula is C17H24N2O. The average molecular weight is 272 g/mol. The summed E-state index contributed by atoms with van der Waals surface area (Å²) < 4.78 is 0. The average Bonchev–Trinajstić information content (AvgIpc) is 2.36. The van der Waals surface area contributed by atoms with Crippen molar-refractivity contribution >= 4 is 5.91 Å². The van der Waals surface area contributed by atoms with E-state index in [1.54, 1.807) is 0 Å². The highest BCUT2D eigenvalue weighted by molar-refractivity contribution is 5.82. The summed E-state index contributed by atoms with van der Waals surface area (Å²) in [6, 6.07) is 12.4. The van der Waals surface area contributed by atoms with Crippen LogP contribution in [-0.4, -0.2) is 11.9 Å². The van der Waals surface area contributed by atoms with Gasteiger partial charge >= 0.3 is 0 Å². The van der Waals surface area contributed by atoms with Gasteiger partial charge in [-0.2, -0.15) is 5.26 Å². The molecule has 0 aliphatic carbocycles. The van der Waals surface area contributed by atoms with Crippen LogP contribution in [0.15, 0.2) is 30.3 Å². The van der Waals surface area contributed by atoms with Crippen LogP contribution in [0.1, 0.15) is 39.7 Å². The highest BCUT2D eigenvalue weighted by Crippen LogP contribution is 2.25. The Morgan fingerprint density at radius 2 is 1.90 bits per heavy atom. The van der Waals surface area contributed by atoms with Gasteiger partial charge in [0.1, 0.15) is 5.92 Å². The van der Waals surface area contributed by atoms with E-state index in [4.69, 9.17) is 5.26 Å². The topological polar surface area (TPSA) is 52.9 Å². The van der Waals surface area contributed by atoms with Gasteiger partial charge in [0.25, 0.3) is 0 Å². The van der Waals surface area contributed by atoms with E-state index in [1.807, 2.05) is 45.9 Å². The molecule has 1 N–H and O–H groups in total. The number of amides is 1. The second kappa shape index (κ2) is 7.09. The van der Waals surface area contributed by atoms with Crippen molar-refractivity contribution in [1.82, 2.24) is 5.32 Å². The van der Waals surface area contributed by atoms with Crippen molar-refractivity contribution in [3.8, 4) is 6.07 Å². The summed E-state index contributed by atoms with van der Waals surface area (Å²) in [4.78, 5) is 12.1.